The molecule has 0 amide bonds. The SMILES string of the molecule is N=Nc1c(NN)c2cc(O)cc3c(NN)c(N=N)c4cccc1c4c23. The first-order valence-electron chi connectivity index (χ1n) is 7.34. The van der Waals surface area contributed by atoms with E-state index in [4.69, 9.17) is 22.7 Å². The lowest BCUT2D eigenvalue weighted by Crippen LogP contribution is -2.10. The number of nitrogen functional groups attached to an aromatic ring is 2. The summed E-state index contributed by atoms with van der Waals surface area (Å²) in [7, 11) is 0. The van der Waals surface area contributed by atoms with Crippen molar-refractivity contribution in [3.63, 3.8) is 0 Å². The Bertz CT molecular complexity index is 1090. The second kappa shape index (κ2) is 5.23. The highest BCUT2D eigenvalue weighted by Crippen LogP contribution is 2.51. The fourth-order valence-electron chi connectivity index (χ4n) is 3.56. The number of rotatable bonds is 4. The van der Waals surface area contributed by atoms with E-state index in [1.807, 2.05) is 12.1 Å². The second-order valence-corrected chi connectivity index (χ2v) is 5.60. The van der Waals surface area contributed by atoms with E-state index in [1.54, 1.807) is 18.2 Å². The van der Waals surface area contributed by atoms with Gasteiger partial charge in [-0.1, -0.05) is 18.2 Å². The Morgan fingerprint density at radius 2 is 1.24 bits per heavy atom. The first-order chi connectivity index (χ1) is 12.2. The smallest absolute Gasteiger partial charge is 0.118 e. The lowest BCUT2D eigenvalue weighted by atomic mass is 9.89. The van der Waals surface area contributed by atoms with Crippen LogP contribution in [0.3, 0.4) is 0 Å². The van der Waals surface area contributed by atoms with Gasteiger partial charge in [0, 0.05) is 32.3 Å². The van der Waals surface area contributed by atoms with E-state index < -0.39 is 0 Å². The average Bonchev–Trinajstić information content (AvgIpc) is 2.63. The van der Waals surface area contributed by atoms with Crippen LogP contribution in [-0.2, 0) is 0 Å². The van der Waals surface area contributed by atoms with Gasteiger partial charge in [0.15, 0.2) is 0 Å². The molecule has 0 saturated heterocycles. The molecule has 0 saturated carbocycles. The molecule has 0 fully saturated rings. The molecule has 9 N–H and O–H groups in total. The largest absolute Gasteiger partial charge is 0.508 e. The van der Waals surface area contributed by atoms with Crippen LogP contribution in [0.4, 0.5) is 22.7 Å². The topological polar surface area (TPSA) is 169 Å². The Morgan fingerprint density at radius 1 is 0.800 bits per heavy atom. The molecule has 9 heteroatoms. The summed E-state index contributed by atoms with van der Waals surface area (Å²) < 4.78 is 0. The molecular formula is C16H14N8O. The molecule has 0 atom stereocenters. The highest BCUT2D eigenvalue weighted by atomic mass is 16.3. The molecule has 4 aromatic carbocycles. The van der Waals surface area contributed by atoms with Gasteiger partial charge in [0.05, 0.1) is 11.4 Å². The molecule has 0 heterocycles. The van der Waals surface area contributed by atoms with Gasteiger partial charge in [0.1, 0.15) is 17.1 Å². The van der Waals surface area contributed by atoms with Crippen molar-refractivity contribution in [3.05, 3.63) is 30.3 Å². The number of nitrogens with two attached hydrogens (primary N) is 2. The van der Waals surface area contributed by atoms with Gasteiger partial charge < -0.3 is 16.0 Å². The first kappa shape index (κ1) is 15.0. The van der Waals surface area contributed by atoms with Crippen molar-refractivity contribution in [2.45, 2.75) is 0 Å². The van der Waals surface area contributed by atoms with Crippen LogP contribution < -0.4 is 22.5 Å². The zero-order chi connectivity index (χ0) is 17.7. The van der Waals surface area contributed by atoms with E-state index in [0.717, 1.165) is 10.8 Å². The zero-order valence-electron chi connectivity index (χ0n) is 12.9. The molecule has 25 heavy (non-hydrogen) atoms. The fraction of sp³-hybridized carbons (Fsp3) is 0. The lowest BCUT2D eigenvalue weighted by Gasteiger charge is -2.20. The minimum atomic E-state index is -0.00857. The third kappa shape index (κ3) is 1.78. The van der Waals surface area contributed by atoms with Gasteiger partial charge in [-0.15, -0.1) is 0 Å². The maximum Gasteiger partial charge on any atom is 0.118 e. The van der Waals surface area contributed by atoms with Crippen molar-refractivity contribution in [1.82, 2.24) is 0 Å². The van der Waals surface area contributed by atoms with Gasteiger partial charge in [0.25, 0.3) is 0 Å². The van der Waals surface area contributed by atoms with Crippen LogP contribution in [0.25, 0.3) is 32.3 Å². The Kier molecular flexibility index (Phi) is 3.14. The Morgan fingerprint density at radius 3 is 1.64 bits per heavy atom. The number of benzene rings is 4. The number of hydrogen-bond acceptors (Lipinski definition) is 9. The van der Waals surface area contributed by atoms with Crippen LogP contribution in [0.2, 0.25) is 0 Å². The summed E-state index contributed by atoms with van der Waals surface area (Å²) in [5.74, 6) is 11.4. The molecule has 0 radical (unpaired) electrons. The van der Waals surface area contributed by atoms with Crippen LogP contribution >= 0.6 is 0 Å². The third-order valence-corrected chi connectivity index (χ3v) is 4.47. The van der Waals surface area contributed by atoms with Crippen LogP contribution in [-0.4, -0.2) is 5.11 Å². The van der Waals surface area contributed by atoms with E-state index in [9.17, 15) is 5.11 Å². The monoisotopic (exact) mass is 334 g/mol. The van der Waals surface area contributed by atoms with Crippen LogP contribution in [0.15, 0.2) is 40.6 Å². The first-order valence-corrected chi connectivity index (χ1v) is 7.34. The minimum absolute atomic E-state index is 0.00857. The Balaban J connectivity index is 2.49. The fourth-order valence-corrected chi connectivity index (χ4v) is 3.56. The molecule has 9 nitrogen and oxygen atoms in total. The third-order valence-electron chi connectivity index (χ3n) is 4.47. The van der Waals surface area contributed by atoms with Crippen molar-refractivity contribution in [2.24, 2.45) is 21.9 Å². The normalized spacial score (nSPS) is 11.3. The van der Waals surface area contributed by atoms with Gasteiger partial charge in [-0.2, -0.15) is 10.2 Å². The minimum Gasteiger partial charge on any atom is -0.508 e. The molecule has 0 aliphatic rings. The molecule has 124 valence electrons. The Labute approximate surface area is 140 Å². The predicted octanol–water partition coefficient (Wildman–Crippen LogP) is 4.19. The standard InChI is InChI=1S/C16H14N8O/c17-21-13-7-2-1-3-8-11(7)12-9(15(13)23-19)4-6(25)5-10(12)16(24-20)14(8)22-18/h1-5,17-18,23-25H,19-20H2. The van der Waals surface area contributed by atoms with Crippen LogP contribution in [0.5, 0.6) is 5.75 Å². The van der Waals surface area contributed by atoms with E-state index in [2.05, 4.69) is 21.1 Å². The zero-order valence-corrected chi connectivity index (χ0v) is 12.9. The molecule has 0 aromatic heterocycles. The van der Waals surface area contributed by atoms with Gasteiger partial charge in [-0.3, -0.25) is 11.7 Å². The predicted molar refractivity (Wildman–Crippen MR) is 97.0 cm³/mol. The van der Waals surface area contributed by atoms with E-state index in [-0.39, 0.29) is 5.75 Å². The highest BCUT2D eigenvalue weighted by molar-refractivity contribution is 6.34. The number of aromatic hydroxyl groups is 1. The Hall–Kier alpha value is -3.56. The van der Waals surface area contributed by atoms with Crippen LogP contribution in [0, 0.1) is 11.1 Å². The van der Waals surface area contributed by atoms with Gasteiger partial charge >= 0.3 is 0 Å². The highest BCUT2D eigenvalue weighted by Gasteiger charge is 2.23. The molecule has 0 spiro atoms. The van der Waals surface area contributed by atoms with E-state index in [0.29, 0.717) is 44.3 Å². The maximum atomic E-state index is 10.2. The molecule has 4 rings (SSSR count). The second-order valence-electron chi connectivity index (χ2n) is 5.60. The van der Waals surface area contributed by atoms with Gasteiger partial charge in [-0.25, -0.2) is 11.1 Å². The summed E-state index contributed by atoms with van der Waals surface area (Å²) in [4.78, 5) is 0. The number of hydrogen-bond donors (Lipinski definition) is 7. The average molecular weight is 334 g/mol. The molecular weight excluding hydrogens is 320 g/mol. The van der Waals surface area contributed by atoms with Crippen LogP contribution in [0.1, 0.15) is 0 Å². The molecule has 0 aliphatic heterocycles. The summed E-state index contributed by atoms with van der Waals surface area (Å²) in [6.07, 6.45) is 0. The number of nitrogens with one attached hydrogen (secondary N) is 4. The maximum absolute atomic E-state index is 10.2. The summed E-state index contributed by atoms with van der Waals surface area (Å²) >= 11 is 0. The van der Waals surface area contributed by atoms with E-state index in [1.165, 1.54) is 0 Å². The van der Waals surface area contributed by atoms with Crippen molar-refractivity contribution in [3.8, 4) is 5.75 Å². The number of phenolic OH excluding ortho intramolecular Hbond substituents is 1. The van der Waals surface area contributed by atoms with Crippen molar-refractivity contribution in [2.75, 3.05) is 10.9 Å². The summed E-state index contributed by atoms with van der Waals surface area (Å²) in [5, 5.41) is 21.6. The quantitative estimate of drug-likeness (QED) is 0.128. The number of anilines is 2. The summed E-state index contributed by atoms with van der Waals surface area (Å²) in [5.41, 5.74) is 21.9. The number of hydrazine groups is 2. The van der Waals surface area contributed by atoms with Crippen molar-refractivity contribution < 1.29 is 5.11 Å². The summed E-state index contributed by atoms with van der Waals surface area (Å²) in [6.45, 7) is 0. The van der Waals surface area contributed by atoms with Crippen molar-refractivity contribution in [1.29, 1.82) is 11.1 Å². The molecule has 0 unspecified atom stereocenters. The lowest BCUT2D eigenvalue weighted by molar-refractivity contribution is 0.477. The van der Waals surface area contributed by atoms with Gasteiger partial charge in [-0.05, 0) is 12.1 Å². The van der Waals surface area contributed by atoms with Gasteiger partial charge in [0.2, 0.25) is 0 Å². The molecule has 0 bridgehead atoms. The summed E-state index contributed by atoms with van der Waals surface area (Å²) in [6, 6.07) is 8.55. The molecule has 4 aromatic rings. The molecule has 0 aliphatic carbocycles. The number of phenols is 1. The number of nitrogens with zero attached hydrogens (tertiary/aromatic N) is 2. The van der Waals surface area contributed by atoms with Crippen molar-refractivity contribution >= 4 is 55.1 Å². The van der Waals surface area contributed by atoms with E-state index >= 15 is 0 Å².